The first-order valence-electron chi connectivity index (χ1n) is 13.6. The Labute approximate surface area is 265 Å². The van der Waals surface area contributed by atoms with Crippen molar-refractivity contribution in [1.82, 2.24) is 29.9 Å². The van der Waals surface area contributed by atoms with E-state index in [4.69, 9.17) is 31.0 Å². The van der Waals surface area contributed by atoms with Crippen molar-refractivity contribution in [3.05, 3.63) is 99.9 Å². The molecule has 0 saturated heterocycles. The highest BCUT2D eigenvalue weighted by Crippen LogP contribution is 2.35. The van der Waals surface area contributed by atoms with E-state index in [1.54, 1.807) is 47.5 Å². The maximum absolute atomic E-state index is 6.20. The van der Waals surface area contributed by atoms with E-state index >= 15 is 0 Å². The van der Waals surface area contributed by atoms with Gasteiger partial charge in [0.15, 0.2) is 23.1 Å². The summed E-state index contributed by atoms with van der Waals surface area (Å²) in [4.78, 5) is 28.3. The van der Waals surface area contributed by atoms with E-state index in [1.165, 1.54) is 5.56 Å². The average Bonchev–Trinajstić information content (AvgIpc) is 3.79. The lowest BCUT2D eigenvalue weighted by molar-refractivity contribution is 0.174. The lowest BCUT2D eigenvalue weighted by Gasteiger charge is -2.10. The predicted molar refractivity (Wildman–Crippen MR) is 176 cm³/mol. The van der Waals surface area contributed by atoms with Gasteiger partial charge in [-0.25, -0.2) is 19.9 Å². The van der Waals surface area contributed by atoms with E-state index in [-0.39, 0.29) is 6.79 Å². The van der Waals surface area contributed by atoms with Crippen LogP contribution in [0.5, 0.6) is 11.5 Å². The fourth-order valence-electron chi connectivity index (χ4n) is 4.74. The highest BCUT2D eigenvalue weighted by Gasteiger charge is 2.16. The zero-order chi connectivity index (χ0) is 30.0. The Balaban J connectivity index is 0.000000158. The summed E-state index contributed by atoms with van der Waals surface area (Å²) in [5.74, 6) is 3.75. The van der Waals surface area contributed by atoms with Crippen LogP contribution in [0, 0.1) is 13.8 Å². The Morgan fingerprint density at radius 2 is 1.32 bits per heavy atom. The van der Waals surface area contributed by atoms with E-state index < -0.39 is 0 Å². The standard InChI is InChI=1S/C20H16N4O2S.C12H8ClN3S/c1-12-10-27-20-17(12)19(23-18(24-20)14-4-6-21-7-5-14)22-9-13-2-3-15-16(8-13)26-11-25-15;1-7-6-17-12-9(7)10(13)15-11(16-12)8-2-4-14-5-3-8/h2-8,10H,9,11H2,1H3,(H,22,23,24);2-6H,1H3. The summed E-state index contributed by atoms with van der Waals surface area (Å²) in [6.45, 7) is 5.01. The monoisotopic (exact) mass is 637 g/mol. The highest BCUT2D eigenvalue weighted by atomic mass is 35.5. The second-order valence-electron chi connectivity index (χ2n) is 9.94. The molecular formula is C32H24ClN7O2S2. The van der Waals surface area contributed by atoms with Gasteiger partial charge in [0, 0.05) is 42.5 Å². The van der Waals surface area contributed by atoms with Gasteiger partial charge in [0.1, 0.15) is 20.6 Å². The molecule has 0 atom stereocenters. The van der Waals surface area contributed by atoms with E-state index in [2.05, 4.69) is 37.6 Å². The topological polar surface area (TPSA) is 108 Å². The van der Waals surface area contributed by atoms with Crippen LogP contribution in [0.15, 0.2) is 78.0 Å². The first-order chi connectivity index (χ1) is 21.5. The number of nitrogens with one attached hydrogen (secondary N) is 1. The second kappa shape index (κ2) is 12.1. The molecule has 7 heterocycles. The fourth-order valence-corrected chi connectivity index (χ4v) is 6.96. The number of rotatable bonds is 5. The van der Waals surface area contributed by atoms with E-state index in [1.807, 2.05) is 54.8 Å². The Hall–Kier alpha value is -4.71. The molecule has 0 unspecified atom stereocenters. The SMILES string of the molecule is Cc1csc2nc(-c3ccncc3)nc(Cl)c12.Cc1csc2nc(-c3ccncc3)nc(NCc3ccc4c(c3)OCO4)c12. The number of thiophene rings is 2. The number of hydrogen-bond donors (Lipinski definition) is 1. The molecule has 1 aliphatic rings. The van der Waals surface area contributed by atoms with Gasteiger partial charge in [-0.15, -0.1) is 22.7 Å². The Bertz CT molecular complexity index is 2100. The molecule has 8 rings (SSSR count). The van der Waals surface area contributed by atoms with Crippen LogP contribution in [-0.2, 0) is 6.54 Å². The third-order valence-corrected chi connectivity index (χ3v) is 9.22. The molecule has 7 aromatic rings. The van der Waals surface area contributed by atoms with Gasteiger partial charge in [0.25, 0.3) is 0 Å². The smallest absolute Gasteiger partial charge is 0.231 e. The van der Waals surface area contributed by atoms with Crippen LogP contribution < -0.4 is 14.8 Å². The molecule has 9 nitrogen and oxygen atoms in total. The van der Waals surface area contributed by atoms with Crippen LogP contribution in [0.1, 0.15) is 16.7 Å². The number of hydrogen-bond acceptors (Lipinski definition) is 11. The summed E-state index contributed by atoms with van der Waals surface area (Å²) in [6, 6.07) is 13.6. The van der Waals surface area contributed by atoms with Crippen LogP contribution in [-0.4, -0.2) is 36.7 Å². The fraction of sp³-hybridized carbons (Fsp3) is 0.125. The van der Waals surface area contributed by atoms with Crippen LogP contribution in [0.4, 0.5) is 5.82 Å². The molecule has 1 aromatic carbocycles. The van der Waals surface area contributed by atoms with Crippen molar-refractivity contribution in [3.63, 3.8) is 0 Å². The molecule has 0 fully saturated rings. The minimum atomic E-state index is 0.280. The maximum atomic E-state index is 6.20. The quantitative estimate of drug-likeness (QED) is 0.187. The van der Waals surface area contributed by atoms with Gasteiger partial charge in [-0.1, -0.05) is 17.7 Å². The summed E-state index contributed by atoms with van der Waals surface area (Å²) in [5, 5.41) is 10.2. The molecule has 0 amide bonds. The van der Waals surface area contributed by atoms with E-state index in [0.717, 1.165) is 60.0 Å². The summed E-state index contributed by atoms with van der Waals surface area (Å²) in [5.41, 5.74) is 5.27. The van der Waals surface area contributed by atoms with Crippen molar-refractivity contribution in [2.75, 3.05) is 12.1 Å². The first kappa shape index (κ1) is 28.1. The Morgan fingerprint density at radius 1 is 0.727 bits per heavy atom. The minimum absolute atomic E-state index is 0.280. The first-order valence-corrected chi connectivity index (χ1v) is 15.8. The largest absolute Gasteiger partial charge is 0.454 e. The third-order valence-electron chi connectivity index (χ3n) is 6.96. The van der Waals surface area contributed by atoms with Gasteiger partial charge < -0.3 is 14.8 Å². The summed E-state index contributed by atoms with van der Waals surface area (Å²) < 4.78 is 10.8. The van der Waals surface area contributed by atoms with Crippen molar-refractivity contribution < 1.29 is 9.47 Å². The maximum Gasteiger partial charge on any atom is 0.231 e. The molecule has 0 radical (unpaired) electrons. The molecule has 0 bridgehead atoms. The van der Waals surface area contributed by atoms with Crippen LogP contribution in [0.2, 0.25) is 5.15 Å². The lowest BCUT2D eigenvalue weighted by atomic mass is 10.2. The predicted octanol–water partition coefficient (Wildman–Crippen LogP) is 8.12. The third kappa shape index (κ3) is 5.64. The van der Waals surface area contributed by atoms with Crippen molar-refractivity contribution >= 4 is 60.5 Å². The number of nitrogens with zero attached hydrogens (tertiary/aromatic N) is 6. The van der Waals surface area contributed by atoms with Gasteiger partial charge >= 0.3 is 0 Å². The van der Waals surface area contributed by atoms with Gasteiger partial charge in [0.05, 0.1) is 10.8 Å². The van der Waals surface area contributed by atoms with Gasteiger partial charge in [-0.2, -0.15) is 0 Å². The number of benzene rings is 1. The van der Waals surface area contributed by atoms with Crippen molar-refractivity contribution in [2.45, 2.75) is 20.4 Å². The number of aromatic nitrogens is 6. The van der Waals surface area contributed by atoms with E-state index in [0.29, 0.717) is 23.3 Å². The van der Waals surface area contributed by atoms with Crippen LogP contribution in [0.3, 0.4) is 0 Å². The zero-order valence-electron chi connectivity index (χ0n) is 23.6. The van der Waals surface area contributed by atoms with Gasteiger partial charge in [-0.05, 0) is 77.7 Å². The summed E-state index contributed by atoms with van der Waals surface area (Å²) >= 11 is 9.42. The molecule has 1 aliphatic heterocycles. The minimum Gasteiger partial charge on any atom is -0.454 e. The number of halogens is 1. The number of pyridine rings is 2. The number of fused-ring (bicyclic) bond motifs is 3. The van der Waals surface area contributed by atoms with Crippen molar-refractivity contribution in [1.29, 1.82) is 0 Å². The highest BCUT2D eigenvalue weighted by molar-refractivity contribution is 7.17. The van der Waals surface area contributed by atoms with Gasteiger partial charge in [0.2, 0.25) is 6.79 Å². The Kier molecular flexibility index (Phi) is 7.73. The summed E-state index contributed by atoms with van der Waals surface area (Å²) in [7, 11) is 0. The number of anilines is 1. The Morgan fingerprint density at radius 3 is 2.00 bits per heavy atom. The molecule has 6 aromatic heterocycles. The molecule has 12 heteroatoms. The molecule has 218 valence electrons. The lowest BCUT2D eigenvalue weighted by Crippen LogP contribution is -2.04. The van der Waals surface area contributed by atoms with Crippen LogP contribution in [0.25, 0.3) is 43.2 Å². The van der Waals surface area contributed by atoms with Crippen molar-refractivity contribution in [3.8, 4) is 34.3 Å². The van der Waals surface area contributed by atoms with E-state index in [9.17, 15) is 0 Å². The molecule has 44 heavy (non-hydrogen) atoms. The van der Waals surface area contributed by atoms with Crippen molar-refractivity contribution in [2.24, 2.45) is 0 Å². The molecular weight excluding hydrogens is 614 g/mol. The molecule has 0 spiro atoms. The normalized spacial score (nSPS) is 11.9. The molecule has 1 N–H and O–H groups in total. The number of aryl methyl sites for hydroxylation is 2. The zero-order valence-corrected chi connectivity index (χ0v) is 26.0. The molecule has 0 aliphatic carbocycles. The van der Waals surface area contributed by atoms with Crippen LogP contribution >= 0.6 is 34.3 Å². The van der Waals surface area contributed by atoms with Gasteiger partial charge in [-0.3, -0.25) is 9.97 Å². The summed E-state index contributed by atoms with van der Waals surface area (Å²) in [6.07, 6.45) is 6.94. The number of ether oxygens (including phenoxy) is 2. The molecule has 0 saturated carbocycles. The second-order valence-corrected chi connectivity index (χ2v) is 12.0. The average molecular weight is 638 g/mol.